The Morgan fingerprint density at radius 1 is 0.750 bits per heavy atom. The van der Waals surface area contributed by atoms with E-state index in [9.17, 15) is 10.1 Å². The second-order valence-corrected chi connectivity index (χ2v) is 8.62. The molecular weight excluding hydrogens is 452 g/mol. The summed E-state index contributed by atoms with van der Waals surface area (Å²) in [6, 6.07) is 23.0. The van der Waals surface area contributed by atoms with E-state index in [-0.39, 0.29) is 10.6 Å². The molecule has 0 bridgehead atoms. The molecule has 8 nitrogen and oxygen atoms in total. The third-order valence-electron chi connectivity index (χ3n) is 5.83. The molecule has 0 amide bonds. The number of anilines is 1. The fraction of sp³-hybridized carbons (Fsp3) is 0.0714. The molecule has 0 aliphatic carbocycles. The number of nitrogen functional groups attached to an aromatic ring is 1. The van der Waals surface area contributed by atoms with Crippen molar-refractivity contribution in [2.45, 2.75) is 13.8 Å². The summed E-state index contributed by atoms with van der Waals surface area (Å²) in [7, 11) is 0. The molecule has 4 heterocycles. The van der Waals surface area contributed by atoms with Gasteiger partial charge in [0.05, 0.1) is 38.9 Å². The molecule has 8 heteroatoms. The predicted octanol–water partition coefficient (Wildman–Crippen LogP) is 6.57. The highest BCUT2D eigenvalue weighted by Gasteiger charge is 2.16. The number of hydrogen-bond donors (Lipinski definition) is 3. The zero-order valence-corrected chi connectivity index (χ0v) is 19.8. The van der Waals surface area contributed by atoms with Crippen LogP contribution in [0, 0.1) is 24.0 Å². The van der Waals surface area contributed by atoms with Gasteiger partial charge in [-0.1, -0.05) is 12.1 Å². The fourth-order valence-electron chi connectivity index (χ4n) is 4.26. The number of nitrogens with one attached hydrogen (secondary N) is 2. The van der Waals surface area contributed by atoms with Crippen LogP contribution < -0.4 is 5.73 Å². The van der Waals surface area contributed by atoms with Gasteiger partial charge in [-0.25, -0.2) is 0 Å². The molecule has 2 aromatic carbocycles. The molecule has 4 N–H and O–H groups in total. The Labute approximate surface area is 207 Å². The van der Waals surface area contributed by atoms with E-state index in [1.807, 2.05) is 68.4 Å². The largest absolute Gasteiger partial charge is 0.397 e. The van der Waals surface area contributed by atoms with Gasteiger partial charge in [0.2, 0.25) is 0 Å². The number of hydrogen-bond acceptors (Lipinski definition) is 5. The van der Waals surface area contributed by atoms with Gasteiger partial charge in [0.15, 0.2) is 0 Å². The zero-order valence-electron chi connectivity index (χ0n) is 19.8. The minimum absolute atomic E-state index is 0.0946. The maximum atomic E-state index is 11.1. The van der Waals surface area contributed by atoms with Crippen LogP contribution in [0.25, 0.3) is 44.6 Å². The van der Waals surface area contributed by atoms with Gasteiger partial charge in [-0.3, -0.25) is 20.1 Å². The van der Waals surface area contributed by atoms with Crippen LogP contribution in [0.1, 0.15) is 11.1 Å². The summed E-state index contributed by atoms with van der Waals surface area (Å²) in [6.07, 6.45) is 3.48. The average molecular weight is 477 g/mol. The van der Waals surface area contributed by atoms with Crippen molar-refractivity contribution in [1.82, 2.24) is 19.9 Å². The van der Waals surface area contributed by atoms with Gasteiger partial charge in [0.25, 0.3) is 5.69 Å². The van der Waals surface area contributed by atoms with Crippen LogP contribution in [0.15, 0.2) is 85.2 Å². The highest BCUT2D eigenvalue weighted by atomic mass is 16.6. The van der Waals surface area contributed by atoms with Gasteiger partial charge in [-0.05, 0) is 79.6 Å². The predicted molar refractivity (Wildman–Crippen MR) is 144 cm³/mol. The first-order chi connectivity index (χ1) is 17.4. The lowest BCUT2D eigenvalue weighted by molar-refractivity contribution is -0.383. The molecule has 0 radical (unpaired) electrons. The fourth-order valence-corrected chi connectivity index (χ4v) is 4.26. The van der Waals surface area contributed by atoms with Crippen LogP contribution >= 0.6 is 0 Å². The third kappa shape index (κ3) is 4.52. The van der Waals surface area contributed by atoms with E-state index < -0.39 is 0 Å². The molecule has 0 saturated heterocycles. The number of nitro groups is 1. The van der Waals surface area contributed by atoms with Crippen molar-refractivity contribution in [3.63, 3.8) is 0 Å². The van der Waals surface area contributed by atoms with E-state index in [0.717, 1.165) is 50.3 Å². The van der Waals surface area contributed by atoms with Crippen LogP contribution in [0.4, 0.5) is 11.4 Å². The molecule has 0 spiro atoms. The lowest BCUT2D eigenvalue weighted by atomic mass is 10.1. The van der Waals surface area contributed by atoms with Crippen LogP contribution in [0.2, 0.25) is 0 Å². The van der Waals surface area contributed by atoms with E-state index in [0.29, 0.717) is 5.52 Å². The Morgan fingerprint density at radius 2 is 1.28 bits per heavy atom. The molecule has 6 aromatic rings. The van der Waals surface area contributed by atoms with Crippen LogP contribution in [-0.4, -0.2) is 24.9 Å². The van der Waals surface area contributed by atoms with Gasteiger partial charge in [-0.15, -0.1) is 0 Å². The van der Waals surface area contributed by atoms with Gasteiger partial charge in [-0.2, -0.15) is 0 Å². The van der Waals surface area contributed by atoms with E-state index in [4.69, 9.17) is 5.73 Å². The van der Waals surface area contributed by atoms with Crippen molar-refractivity contribution in [2.24, 2.45) is 0 Å². The molecule has 0 saturated carbocycles. The average Bonchev–Trinajstić information content (AvgIpc) is 3.50. The minimum Gasteiger partial charge on any atom is -0.397 e. The molecule has 0 fully saturated rings. The Morgan fingerprint density at radius 3 is 1.81 bits per heavy atom. The smallest absolute Gasteiger partial charge is 0.293 e. The lowest BCUT2D eigenvalue weighted by Gasteiger charge is -1.98. The van der Waals surface area contributed by atoms with E-state index in [1.165, 1.54) is 5.56 Å². The summed E-state index contributed by atoms with van der Waals surface area (Å²) < 4.78 is 0. The Hall–Kier alpha value is -4.98. The van der Waals surface area contributed by atoms with Gasteiger partial charge in [0, 0.05) is 29.2 Å². The van der Waals surface area contributed by atoms with Crippen molar-refractivity contribution in [3.8, 4) is 22.8 Å². The standard InChI is InChI=1S/C14H11N3O2.C14H13N3/c1-9-6-10-8-12(11-4-2-3-5-15-11)16-14(10)13(7-9)17(18)19;1-9-6-10-8-13(12-4-2-3-5-16-12)17-14(10)11(15)7-9/h2-8,16H,1H3;2-8,17H,15H2,1H3. The van der Waals surface area contributed by atoms with Crippen molar-refractivity contribution in [2.75, 3.05) is 5.73 Å². The Kier molecular flexibility index (Phi) is 5.92. The first kappa shape index (κ1) is 22.8. The van der Waals surface area contributed by atoms with Crippen molar-refractivity contribution >= 4 is 33.2 Å². The molecule has 36 heavy (non-hydrogen) atoms. The van der Waals surface area contributed by atoms with E-state index >= 15 is 0 Å². The maximum absolute atomic E-state index is 11.1. The molecule has 0 unspecified atom stereocenters. The number of aromatic amines is 2. The maximum Gasteiger partial charge on any atom is 0.293 e. The first-order valence-electron chi connectivity index (χ1n) is 11.4. The Balaban J connectivity index is 0.000000149. The summed E-state index contributed by atoms with van der Waals surface area (Å²) in [5.74, 6) is 0. The minimum atomic E-state index is -0.367. The molecular formula is C28H24N6O2. The zero-order chi connectivity index (χ0) is 25.2. The quantitative estimate of drug-likeness (QED) is 0.151. The highest BCUT2D eigenvalue weighted by Crippen LogP contribution is 2.30. The highest BCUT2D eigenvalue weighted by molar-refractivity contribution is 5.94. The number of benzene rings is 2. The molecule has 0 aliphatic heterocycles. The summed E-state index contributed by atoms with van der Waals surface area (Å²) in [5, 5.41) is 13.0. The lowest BCUT2D eigenvalue weighted by Crippen LogP contribution is -1.90. The number of H-pyrrole nitrogens is 2. The first-order valence-corrected chi connectivity index (χ1v) is 11.4. The topological polar surface area (TPSA) is 127 Å². The molecule has 178 valence electrons. The number of non-ortho nitro benzene ring substituents is 1. The van der Waals surface area contributed by atoms with Crippen molar-refractivity contribution < 1.29 is 4.92 Å². The van der Waals surface area contributed by atoms with Gasteiger partial charge >= 0.3 is 0 Å². The summed E-state index contributed by atoms with van der Waals surface area (Å²) in [5.41, 5.74) is 13.9. The normalized spacial score (nSPS) is 10.8. The molecule has 6 rings (SSSR count). The second kappa shape index (κ2) is 9.34. The SMILES string of the molecule is Cc1cc(N)c2[nH]c(-c3ccccn3)cc2c1.Cc1cc([N+](=O)[O-])c2[nH]c(-c3ccccn3)cc2c1. The molecule has 4 aromatic heterocycles. The number of pyridine rings is 2. The number of nitrogens with zero attached hydrogens (tertiary/aromatic N) is 3. The number of nitro benzene ring substituents is 1. The van der Waals surface area contributed by atoms with Crippen LogP contribution in [0.3, 0.4) is 0 Å². The van der Waals surface area contributed by atoms with Crippen LogP contribution in [0.5, 0.6) is 0 Å². The summed E-state index contributed by atoms with van der Waals surface area (Å²) >= 11 is 0. The number of rotatable bonds is 3. The van der Waals surface area contributed by atoms with E-state index in [1.54, 1.807) is 18.5 Å². The third-order valence-corrected chi connectivity index (χ3v) is 5.83. The van der Waals surface area contributed by atoms with Crippen molar-refractivity contribution in [1.29, 1.82) is 0 Å². The Bertz CT molecular complexity index is 1690. The monoisotopic (exact) mass is 476 g/mol. The number of fused-ring (bicyclic) bond motifs is 2. The number of nitrogens with two attached hydrogens (primary N) is 1. The molecule has 0 atom stereocenters. The summed E-state index contributed by atoms with van der Waals surface area (Å²) in [6.45, 7) is 3.89. The number of aryl methyl sites for hydroxylation is 2. The van der Waals surface area contributed by atoms with E-state index in [2.05, 4.69) is 32.1 Å². The number of aromatic nitrogens is 4. The van der Waals surface area contributed by atoms with Gasteiger partial charge < -0.3 is 15.7 Å². The van der Waals surface area contributed by atoms with Crippen LogP contribution in [-0.2, 0) is 0 Å². The molecule has 0 aliphatic rings. The second-order valence-electron chi connectivity index (χ2n) is 8.62. The van der Waals surface area contributed by atoms with Crippen molar-refractivity contribution in [3.05, 3.63) is 106 Å². The summed E-state index contributed by atoms with van der Waals surface area (Å²) in [4.78, 5) is 25.7. The van der Waals surface area contributed by atoms with Gasteiger partial charge in [0.1, 0.15) is 5.52 Å².